The first-order chi connectivity index (χ1) is 10.4. The highest BCUT2D eigenvalue weighted by Gasteiger charge is 2.38. The van der Waals surface area contributed by atoms with Gasteiger partial charge in [0.25, 0.3) is 5.96 Å². The van der Waals surface area contributed by atoms with E-state index < -0.39 is 12.1 Å². The molecule has 1 aliphatic rings. The van der Waals surface area contributed by atoms with E-state index in [-0.39, 0.29) is 6.54 Å². The van der Waals surface area contributed by atoms with E-state index in [2.05, 4.69) is 10.0 Å². The molecule has 0 unspecified atom stereocenters. The minimum atomic E-state index is -4.81. The van der Waals surface area contributed by atoms with Crippen molar-refractivity contribution in [2.24, 2.45) is 5.11 Å². The first-order valence-corrected chi connectivity index (χ1v) is 7.09. The van der Waals surface area contributed by atoms with Gasteiger partial charge in [0.05, 0.1) is 26.7 Å². The van der Waals surface area contributed by atoms with Crippen LogP contribution in [0.25, 0.3) is 10.4 Å². The van der Waals surface area contributed by atoms with E-state index in [0.717, 1.165) is 38.9 Å². The van der Waals surface area contributed by atoms with Gasteiger partial charge in [-0.05, 0) is 18.4 Å². The minimum Gasteiger partial charge on any atom is -0.348 e. The van der Waals surface area contributed by atoms with Crippen LogP contribution in [0.1, 0.15) is 25.7 Å². The molecular weight excluding hydrogens is 301 g/mol. The van der Waals surface area contributed by atoms with Crippen LogP contribution in [-0.4, -0.2) is 60.7 Å². The lowest BCUT2D eigenvalue weighted by Gasteiger charge is -2.12. The summed E-state index contributed by atoms with van der Waals surface area (Å²) in [5.74, 6) is -1.28. The SMILES string of the molecule is C[N+]1=C(N=[N+]=[N-])N(CCCCCCNC(=O)C(F)(F)F)CC1. The maximum absolute atomic E-state index is 11.9. The number of halogens is 3. The Morgan fingerprint density at radius 3 is 2.73 bits per heavy atom. The van der Waals surface area contributed by atoms with Crippen LogP contribution in [-0.2, 0) is 4.79 Å². The highest BCUT2D eigenvalue weighted by atomic mass is 19.4. The van der Waals surface area contributed by atoms with Crippen molar-refractivity contribution >= 4 is 11.9 Å². The quantitative estimate of drug-likeness (QED) is 0.255. The summed E-state index contributed by atoms with van der Waals surface area (Å²) in [5, 5.41) is 5.50. The monoisotopic (exact) mass is 321 g/mol. The second-order valence-electron chi connectivity index (χ2n) is 5.07. The van der Waals surface area contributed by atoms with E-state index in [1.54, 1.807) is 0 Å². The summed E-state index contributed by atoms with van der Waals surface area (Å²) in [6, 6.07) is 0. The molecule has 0 aliphatic carbocycles. The summed E-state index contributed by atoms with van der Waals surface area (Å²) in [5.41, 5.74) is 8.50. The predicted molar refractivity (Wildman–Crippen MR) is 74.3 cm³/mol. The normalized spacial score (nSPS) is 15.0. The van der Waals surface area contributed by atoms with E-state index in [4.69, 9.17) is 5.53 Å². The Balaban J connectivity index is 2.12. The molecule has 0 bridgehead atoms. The maximum Gasteiger partial charge on any atom is 0.471 e. The molecule has 10 heteroatoms. The Labute approximate surface area is 126 Å². The lowest BCUT2D eigenvalue weighted by atomic mass is 10.2. The van der Waals surface area contributed by atoms with Gasteiger partial charge in [-0.2, -0.15) is 13.2 Å². The van der Waals surface area contributed by atoms with Crippen molar-refractivity contribution in [3.05, 3.63) is 10.4 Å². The number of carbonyl (C=O) groups excluding carboxylic acids is 1. The second-order valence-corrected chi connectivity index (χ2v) is 5.07. The van der Waals surface area contributed by atoms with Gasteiger partial charge in [-0.25, -0.2) is 0 Å². The van der Waals surface area contributed by atoms with Crippen LogP contribution in [0.5, 0.6) is 0 Å². The van der Waals surface area contributed by atoms with E-state index in [9.17, 15) is 18.0 Å². The van der Waals surface area contributed by atoms with Gasteiger partial charge < -0.3 is 5.32 Å². The van der Waals surface area contributed by atoms with Gasteiger partial charge in [0.1, 0.15) is 0 Å². The molecule has 0 fully saturated rings. The average Bonchev–Trinajstić information content (AvgIpc) is 2.78. The first-order valence-electron chi connectivity index (χ1n) is 7.09. The molecule has 0 spiro atoms. The van der Waals surface area contributed by atoms with Gasteiger partial charge in [-0.15, -0.1) is 0 Å². The maximum atomic E-state index is 11.9. The lowest BCUT2D eigenvalue weighted by Crippen LogP contribution is -2.37. The van der Waals surface area contributed by atoms with Crippen molar-refractivity contribution in [3.8, 4) is 0 Å². The molecule has 7 nitrogen and oxygen atoms in total. The fourth-order valence-electron chi connectivity index (χ4n) is 2.19. The van der Waals surface area contributed by atoms with Crippen molar-refractivity contribution in [2.45, 2.75) is 31.9 Å². The topological polar surface area (TPSA) is 84.1 Å². The Kier molecular flexibility index (Phi) is 6.97. The molecule has 0 aromatic heterocycles. The molecule has 22 heavy (non-hydrogen) atoms. The smallest absolute Gasteiger partial charge is 0.348 e. The van der Waals surface area contributed by atoms with Crippen LogP contribution >= 0.6 is 0 Å². The van der Waals surface area contributed by atoms with Gasteiger partial charge >= 0.3 is 12.1 Å². The fraction of sp³-hybridized carbons (Fsp3) is 0.833. The van der Waals surface area contributed by atoms with E-state index in [0.29, 0.717) is 12.4 Å². The lowest BCUT2D eigenvalue weighted by molar-refractivity contribution is -0.487. The molecule has 1 aliphatic heterocycles. The van der Waals surface area contributed by atoms with Gasteiger partial charge in [0.2, 0.25) is 0 Å². The molecule has 1 N–H and O–H groups in total. The number of nitrogens with zero attached hydrogens (tertiary/aromatic N) is 5. The molecule has 1 amide bonds. The largest absolute Gasteiger partial charge is 0.471 e. The Hall–Kier alpha value is -1.96. The summed E-state index contributed by atoms with van der Waals surface area (Å²) in [6.07, 6.45) is -1.88. The van der Waals surface area contributed by atoms with Gasteiger partial charge in [-0.1, -0.05) is 12.8 Å². The second kappa shape index (κ2) is 8.47. The number of guanidine groups is 1. The summed E-state index contributed by atoms with van der Waals surface area (Å²) < 4.78 is 37.7. The number of rotatable bonds is 7. The van der Waals surface area contributed by atoms with E-state index >= 15 is 0 Å². The highest BCUT2D eigenvalue weighted by molar-refractivity contribution is 5.81. The molecule has 0 aromatic carbocycles. The Morgan fingerprint density at radius 1 is 1.41 bits per heavy atom. The number of carbonyl (C=O) groups is 1. The van der Waals surface area contributed by atoms with Gasteiger partial charge in [0.15, 0.2) is 0 Å². The molecule has 1 heterocycles. The third kappa shape index (κ3) is 5.80. The average molecular weight is 321 g/mol. The van der Waals surface area contributed by atoms with Crippen molar-refractivity contribution in [3.63, 3.8) is 0 Å². The third-order valence-corrected chi connectivity index (χ3v) is 3.36. The Morgan fingerprint density at radius 2 is 2.09 bits per heavy atom. The minimum absolute atomic E-state index is 0.0287. The van der Waals surface area contributed by atoms with Crippen molar-refractivity contribution < 1.29 is 22.5 Å². The van der Waals surface area contributed by atoms with E-state index in [1.807, 2.05) is 21.8 Å². The number of unbranched alkanes of at least 4 members (excludes halogenated alkanes) is 3. The molecule has 0 saturated heterocycles. The number of azide groups is 1. The third-order valence-electron chi connectivity index (χ3n) is 3.36. The molecular formula is C12H20F3N6O+. The summed E-state index contributed by atoms with van der Waals surface area (Å²) in [7, 11) is 1.85. The molecule has 1 rings (SSSR count). The zero-order valence-electron chi connectivity index (χ0n) is 12.4. The summed E-state index contributed by atoms with van der Waals surface area (Å²) in [4.78, 5) is 15.4. The van der Waals surface area contributed by atoms with Gasteiger partial charge in [-0.3, -0.25) is 14.3 Å². The van der Waals surface area contributed by atoms with Crippen molar-refractivity contribution in [2.75, 3.05) is 33.2 Å². The van der Waals surface area contributed by atoms with Gasteiger partial charge in [0, 0.05) is 16.6 Å². The Bertz CT molecular complexity index is 470. The zero-order valence-corrected chi connectivity index (χ0v) is 12.4. The molecule has 0 aromatic rings. The van der Waals surface area contributed by atoms with Crippen LogP contribution in [0.4, 0.5) is 13.2 Å². The predicted octanol–water partition coefficient (Wildman–Crippen LogP) is 1.85. The number of hydrogen-bond acceptors (Lipinski definition) is 3. The number of nitrogens with one attached hydrogen (secondary N) is 1. The summed E-state index contributed by atoms with van der Waals surface area (Å²) in [6.45, 7) is 2.37. The number of alkyl halides is 3. The van der Waals surface area contributed by atoms with Crippen LogP contribution in [0, 0.1) is 0 Å². The molecule has 0 saturated carbocycles. The fourth-order valence-corrected chi connectivity index (χ4v) is 2.19. The number of amides is 1. The van der Waals surface area contributed by atoms with Crippen LogP contribution < -0.4 is 5.32 Å². The van der Waals surface area contributed by atoms with Crippen LogP contribution in [0.2, 0.25) is 0 Å². The van der Waals surface area contributed by atoms with Crippen molar-refractivity contribution in [1.29, 1.82) is 0 Å². The number of hydrogen-bond donors (Lipinski definition) is 1. The molecule has 0 atom stereocenters. The van der Waals surface area contributed by atoms with E-state index in [1.165, 1.54) is 0 Å². The number of likely N-dealkylation sites (N-methyl/N-ethyl adjacent to an activating group) is 1. The van der Waals surface area contributed by atoms with Crippen molar-refractivity contribution in [1.82, 2.24) is 10.2 Å². The van der Waals surface area contributed by atoms with Crippen LogP contribution in [0.3, 0.4) is 0 Å². The standard InChI is InChI=1S/C12H19F3N6O/c1-20-8-9-21(11(20)18-19-16)7-5-3-2-4-6-17-10(22)12(13,14)15/h2-9H2,1H3/p+1. The molecule has 0 radical (unpaired) electrons. The van der Waals surface area contributed by atoms with Crippen LogP contribution in [0.15, 0.2) is 5.11 Å². The zero-order chi connectivity index (χ0) is 16.6. The highest BCUT2D eigenvalue weighted by Crippen LogP contribution is 2.14. The summed E-state index contributed by atoms with van der Waals surface area (Å²) >= 11 is 0. The molecule has 124 valence electrons. The first kappa shape index (κ1) is 18.1.